The second-order valence-electron chi connectivity index (χ2n) is 4.61. The Morgan fingerprint density at radius 3 is 2.80 bits per heavy atom. The van der Waals surface area contributed by atoms with Gasteiger partial charge in [-0.1, -0.05) is 30.3 Å². The van der Waals surface area contributed by atoms with E-state index in [-0.39, 0.29) is 5.91 Å². The van der Waals surface area contributed by atoms with Gasteiger partial charge in [0.2, 0.25) is 5.91 Å². The summed E-state index contributed by atoms with van der Waals surface area (Å²) in [6, 6.07) is 10.1. The minimum atomic E-state index is 0.107. The Labute approximate surface area is 127 Å². The van der Waals surface area contributed by atoms with Crippen LogP contribution in [0.25, 0.3) is 0 Å². The standard InChI is InChI=1S/C15H18BrN3O/c16-14-11-18-19(12-14)10-4-9-17-15(20)8-7-13-5-2-1-3-6-13/h1-3,5-6,11-12H,4,7-10H2,(H,17,20). The molecule has 5 heteroatoms. The molecule has 0 fully saturated rings. The molecule has 0 aliphatic heterocycles. The third-order valence-electron chi connectivity index (χ3n) is 2.97. The summed E-state index contributed by atoms with van der Waals surface area (Å²) in [5.74, 6) is 0.107. The molecule has 0 atom stereocenters. The number of rotatable bonds is 7. The van der Waals surface area contributed by atoms with Crippen molar-refractivity contribution < 1.29 is 4.79 Å². The molecule has 0 saturated carbocycles. The van der Waals surface area contributed by atoms with Crippen LogP contribution in [0.4, 0.5) is 0 Å². The fraction of sp³-hybridized carbons (Fsp3) is 0.333. The Hall–Kier alpha value is -1.62. The first-order valence-corrected chi connectivity index (χ1v) is 7.52. The molecule has 20 heavy (non-hydrogen) atoms. The lowest BCUT2D eigenvalue weighted by molar-refractivity contribution is -0.121. The molecule has 0 radical (unpaired) electrons. The van der Waals surface area contributed by atoms with Gasteiger partial charge >= 0.3 is 0 Å². The summed E-state index contributed by atoms with van der Waals surface area (Å²) in [4.78, 5) is 11.7. The van der Waals surface area contributed by atoms with Gasteiger partial charge in [0, 0.05) is 25.7 Å². The van der Waals surface area contributed by atoms with Gasteiger partial charge in [-0.3, -0.25) is 9.48 Å². The predicted octanol–water partition coefficient (Wildman–Crippen LogP) is 2.78. The fourth-order valence-electron chi connectivity index (χ4n) is 1.92. The summed E-state index contributed by atoms with van der Waals surface area (Å²) >= 11 is 3.35. The van der Waals surface area contributed by atoms with Crippen molar-refractivity contribution in [3.63, 3.8) is 0 Å². The summed E-state index contributed by atoms with van der Waals surface area (Å²) in [6.45, 7) is 1.50. The van der Waals surface area contributed by atoms with Crippen LogP contribution in [0.2, 0.25) is 0 Å². The van der Waals surface area contributed by atoms with Crippen molar-refractivity contribution in [2.24, 2.45) is 0 Å². The van der Waals surface area contributed by atoms with Crippen LogP contribution in [-0.4, -0.2) is 22.2 Å². The maximum Gasteiger partial charge on any atom is 0.220 e. The highest BCUT2D eigenvalue weighted by molar-refractivity contribution is 9.10. The molecule has 1 heterocycles. The van der Waals surface area contributed by atoms with E-state index in [9.17, 15) is 4.79 Å². The monoisotopic (exact) mass is 335 g/mol. The first-order chi connectivity index (χ1) is 9.74. The summed E-state index contributed by atoms with van der Waals surface area (Å²) < 4.78 is 2.84. The van der Waals surface area contributed by atoms with Gasteiger partial charge in [-0.15, -0.1) is 0 Å². The van der Waals surface area contributed by atoms with Crippen LogP contribution in [-0.2, 0) is 17.8 Å². The lowest BCUT2D eigenvalue weighted by Gasteiger charge is -2.05. The van der Waals surface area contributed by atoms with Gasteiger partial charge in [0.05, 0.1) is 10.7 Å². The minimum absolute atomic E-state index is 0.107. The van der Waals surface area contributed by atoms with Crippen LogP contribution in [0.3, 0.4) is 0 Å². The summed E-state index contributed by atoms with van der Waals surface area (Å²) in [5, 5.41) is 7.10. The van der Waals surface area contributed by atoms with Gasteiger partial charge in [0.1, 0.15) is 0 Å². The zero-order valence-electron chi connectivity index (χ0n) is 11.3. The third kappa shape index (κ3) is 5.17. The van der Waals surface area contributed by atoms with Crippen LogP contribution in [0.15, 0.2) is 47.2 Å². The normalized spacial score (nSPS) is 10.4. The smallest absolute Gasteiger partial charge is 0.220 e. The summed E-state index contributed by atoms with van der Waals surface area (Å²) in [6.07, 6.45) is 5.90. The molecule has 1 aromatic heterocycles. The van der Waals surface area contributed by atoms with E-state index in [1.54, 1.807) is 6.20 Å². The predicted molar refractivity (Wildman–Crippen MR) is 82.3 cm³/mol. The highest BCUT2D eigenvalue weighted by Gasteiger charge is 2.01. The Bertz CT molecular complexity index is 539. The molecule has 0 unspecified atom stereocenters. The lowest BCUT2D eigenvalue weighted by atomic mass is 10.1. The van der Waals surface area contributed by atoms with Crippen molar-refractivity contribution in [1.29, 1.82) is 0 Å². The minimum Gasteiger partial charge on any atom is -0.356 e. The van der Waals surface area contributed by atoms with Gasteiger partial charge in [-0.05, 0) is 34.3 Å². The SMILES string of the molecule is O=C(CCc1ccccc1)NCCCn1cc(Br)cn1. The van der Waals surface area contributed by atoms with Crippen LogP contribution >= 0.6 is 15.9 Å². The van der Waals surface area contributed by atoms with E-state index in [4.69, 9.17) is 0 Å². The highest BCUT2D eigenvalue weighted by atomic mass is 79.9. The van der Waals surface area contributed by atoms with Gasteiger partial charge in [-0.25, -0.2) is 0 Å². The quantitative estimate of drug-likeness (QED) is 0.791. The average Bonchev–Trinajstić information content (AvgIpc) is 2.88. The first-order valence-electron chi connectivity index (χ1n) is 6.72. The van der Waals surface area contributed by atoms with Crippen molar-refractivity contribution >= 4 is 21.8 Å². The lowest BCUT2D eigenvalue weighted by Crippen LogP contribution is -2.25. The summed E-state index contributed by atoms with van der Waals surface area (Å²) in [5.41, 5.74) is 1.20. The van der Waals surface area contributed by atoms with Gasteiger partial charge in [0.15, 0.2) is 0 Å². The van der Waals surface area contributed by atoms with E-state index in [1.807, 2.05) is 41.2 Å². The molecule has 1 amide bonds. The number of hydrogen-bond acceptors (Lipinski definition) is 2. The maximum absolute atomic E-state index is 11.7. The Morgan fingerprint density at radius 2 is 2.10 bits per heavy atom. The molecule has 0 saturated heterocycles. The molecule has 106 valence electrons. The molecule has 4 nitrogen and oxygen atoms in total. The number of halogens is 1. The molecule has 0 bridgehead atoms. The molecular weight excluding hydrogens is 318 g/mol. The largest absolute Gasteiger partial charge is 0.356 e. The molecule has 0 aliphatic carbocycles. The molecule has 0 aliphatic rings. The number of nitrogens with one attached hydrogen (secondary N) is 1. The van der Waals surface area contributed by atoms with Gasteiger partial charge < -0.3 is 5.32 Å². The molecule has 2 aromatic rings. The Balaban J connectivity index is 1.58. The van der Waals surface area contributed by atoms with E-state index < -0.39 is 0 Å². The van der Waals surface area contributed by atoms with Gasteiger partial charge in [0.25, 0.3) is 0 Å². The first kappa shape index (κ1) is 14.8. The molecule has 1 N–H and O–H groups in total. The van der Waals surface area contributed by atoms with Crippen LogP contribution in [0, 0.1) is 0 Å². The fourth-order valence-corrected chi connectivity index (χ4v) is 2.25. The van der Waals surface area contributed by atoms with Crippen molar-refractivity contribution in [2.75, 3.05) is 6.54 Å². The van der Waals surface area contributed by atoms with E-state index in [1.165, 1.54) is 5.56 Å². The average molecular weight is 336 g/mol. The number of aryl methyl sites for hydroxylation is 2. The zero-order chi connectivity index (χ0) is 14.2. The van der Waals surface area contributed by atoms with E-state index >= 15 is 0 Å². The van der Waals surface area contributed by atoms with E-state index in [0.29, 0.717) is 13.0 Å². The molecule has 0 spiro atoms. The number of aromatic nitrogens is 2. The number of hydrogen-bond donors (Lipinski definition) is 1. The Kier molecular flexibility index (Phi) is 5.80. The molecular formula is C15H18BrN3O. The number of carbonyl (C=O) groups excluding carboxylic acids is 1. The second-order valence-corrected chi connectivity index (χ2v) is 5.53. The second kappa shape index (κ2) is 7.85. The Morgan fingerprint density at radius 1 is 1.30 bits per heavy atom. The number of nitrogens with zero attached hydrogens (tertiary/aromatic N) is 2. The summed E-state index contributed by atoms with van der Waals surface area (Å²) in [7, 11) is 0. The number of amides is 1. The maximum atomic E-state index is 11.7. The van der Waals surface area contributed by atoms with Crippen molar-refractivity contribution in [2.45, 2.75) is 25.8 Å². The highest BCUT2D eigenvalue weighted by Crippen LogP contribution is 2.06. The van der Waals surface area contributed by atoms with Crippen molar-refractivity contribution in [1.82, 2.24) is 15.1 Å². The van der Waals surface area contributed by atoms with Crippen molar-refractivity contribution in [3.05, 3.63) is 52.8 Å². The number of carbonyl (C=O) groups is 1. The van der Waals surface area contributed by atoms with E-state index in [2.05, 4.69) is 26.3 Å². The van der Waals surface area contributed by atoms with Crippen molar-refractivity contribution in [3.8, 4) is 0 Å². The van der Waals surface area contributed by atoms with Crippen LogP contribution in [0.5, 0.6) is 0 Å². The topological polar surface area (TPSA) is 46.9 Å². The molecule has 2 rings (SSSR count). The number of benzene rings is 1. The van der Waals surface area contributed by atoms with Crippen LogP contribution < -0.4 is 5.32 Å². The molecule has 1 aromatic carbocycles. The van der Waals surface area contributed by atoms with E-state index in [0.717, 1.165) is 23.9 Å². The zero-order valence-corrected chi connectivity index (χ0v) is 12.8. The van der Waals surface area contributed by atoms with Crippen LogP contribution in [0.1, 0.15) is 18.4 Å². The van der Waals surface area contributed by atoms with Gasteiger partial charge in [-0.2, -0.15) is 5.10 Å². The third-order valence-corrected chi connectivity index (χ3v) is 3.38.